The number of benzene rings is 1. The number of carbonyl (C=O) groups excluding carboxylic acids is 2. The highest BCUT2D eigenvalue weighted by Gasteiger charge is 2.52. The fraction of sp³-hybridized carbons (Fsp3) is 0.429. The van der Waals surface area contributed by atoms with Gasteiger partial charge in [0, 0.05) is 11.4 Å². The SMILES string of the molecule is COC(=O)C1CCC(=O)N1C(c1cccc(Cl)c1)C(F)(F)F. The fourth-order valence-electron chi connectivity index (χ4n) is 2.58. The third kappa shape index (κ3) is 3.19. The van der Waals surface area contributed by atoms with Crippen molar-refractivity contribution in [1.82, 2.24) is 4.90 Å². The van der Waals surface area contributed by atoms with Crippen LogP contribution in [0.4, 0.5) is 13.2 Å². The predicted octanol–water partition coefficient (Wildman–Crippen LogP) is 3.11. The highest BCUT2D eigenvalue weighted by atomic mass is 35.5. The van der Waals surface area contributed by atoms with E-state index in [1.165, 1.54) is 18.2 Å². The van der Waals surface area contributed by atoms with Gasteiger partial charge in [-0.15, -0.1) is 0 Å². The quantitative estimate of drug-likeness (QED) is 0.797. The van der Waals surface area contributed by atoms with Crippen LogP contribution in [0.5, 0.6) is 0 Å². The maximum atomic E-state index is 13.5. The van der Waals surface area contributed by atoms with Gasteiger partial charge in [0.15, 0.2) is 6.04 Å². The molecule has 0 spiro atoms. The zero-order valence-corrected chi connectivity index (χ0v) is 12.3. The van der Waals surface area contributed by atoms with Crippen LogP contribution >= 0.6 is 11.6 Å². The summed E-state index contributed by atoms with van der Waals surface area (Å²) in [5.41, 5.74) is -0.191. The Morgan fingerprint density at radius 2 is 2.14 bits per heavy atom. The van der Waals surface area contributed by atoms with Gasteiger partial charge in [-0.3, -0.25) is 4.79 Å². The van der Waals surface area contributed by atoms with Crippen LogP contribution in [0.1, 0.15) is 24.4 Å². The van der Waals surface area contributed by atoms with Crippen molar-refractivity contribution in [2.75, 3.05) is 7.11 Å². The number of methoxy groups -OCH3 is 1. The van der Waals surface area contributed by atoms with Crippen molar-refractivity contribution >= 4 is 23.5 Å². The van der Waals surface area contributed by atoms with E-state index in [2.05, 4.69) is 4.74 Å². The lowest BCUT2D eigenvalue weighted by Crippen LogP contribution is -2.47. The van der Waals surface area contributed by atoms with Crippen molar-refractivity contribution in [1.29, 1.82) is 0 Å². The van der Waals surface area contributed by atoms with Crippen molar-refractivity contribution in [2.24, 2.45) is 0 Å². The van der Waals surface area contributed by atoms with Crippen LogP contribution in [0.25, 0.3) is 0 Å². The van der Waals surface area contributed by atoms with Crippen molar-refractivity contribution in [3.8, 4) is 0 Å². The topological polar surface area (TPSA) is 46.6 Å². The molecule has 1 aliphatic rings. The average molecular weight is 336 g/mol. The smallest absolute Gasteiger partial charge is 0.413 e. The lowest BCUT2D eigenvalue weighted by atomic mass is 10.0. The molecular formula is C14H13ClF3NO3. The van der Waals surface area contributed by atoms with Gasteiger partial charge in [0.1, 0.15) is 6.04 Å². The molecule has 120 valence electrons. The zero-order valence-electron chi connectivity index (χ0n) is 11.6. The van der Waals surface area contributed by atoms with Gasteiger partial charge in [-0.05, 0) is 24.1 Å². The highest BCUT2D eigenvalue weighted by molar-refractivity contribution is 6.30. The fourth-order valence-corrected chi connectivity index (χ4v) is 2.78. The van der Waals surface area contributed by atoms with Crippen molar-refractivity contribution in [2.45, 2.75) is 31.1 Å². The second-order valence-corrected chi connectivity index (χ2v) is 5.31. The Labute approximate surface area is 129 Å². The molecule has 22 heavy (non-hydrogen) atoms. The molecule has 2 atom stereocenters. The van der Waals surface area contributed by atoms with Crippen LogP contribution in [-0.2, 0) is 14.3 Å². The Morgan fingerprint density at radius 3 is 2.68 bits per heavy atom. The van der Waals surface area contributed by atoms with Crippen molar-refractivity contribution < 1.29 is 27.5 Å². The number of ether oxygens (including phenoxy) is 1. The van der Waals surface area contributed by atoms with E-state index >= 15 is 0 Å². The Balaban J connectivity index is 2.49. The van der Waals surface area contributed by atoms with Crippen LogP contribution in [0.3, 0.4) is 0 Å². The standard InChI is InChI=1S/C14H13ClF3NO3/c1-22-13(21)10-5-6-11(20)19(10)12(14(16,17)18)8-3-2-4-9(15)7-8/h2-4,7,10,12H,5-6H2,1H3. The predicted molar refractivity (Wildman–Crippen MR) is 72.1 cm³/mol. The van der Waals surface area contributed by atoms with Gasteiger partial charge >= 0.3 is 12.1 Å². The summed E-state index contributed by atoms with van der Waals surface area (Å²) >= 11 is 5.75. The summed E-state index contributed by atoms with van der Waals surface area (Å²) in [7, 11) is 1.07. The van der Waals surface area contributed by atoms with Crippen molar-refractivity contribution in [3.05, 3.63) is 34.9 Å². The normalized spacial score (nSPS) is 20.1. The number of esters is 1. The second kappa shape index (κ2) is 6.16. The van der Waals surface area contributed by atoms with Crippen LogP contribution in [0.2, 0.25) is 5.02 Å². The van der Waals surface area contributed by atoms with Crippen LogP contribution in [0, 0.1) is 0 Å². The molecule has 1 amide bonds. The van der Waals surface area contributed by atoms with Gasteiger partial charge in [-0.2, -0.15) is 13.2 Å². The molecule has 1 aliphatic heterocycles. The summed E-state index contributed by atoms with van der Waals surface area (Å²) in [5.74, 6) is -1.60. The summed E-state index contributed by atoms with van der Waals surface area (Å²) in [4.78, 5) is 24.2. The monoisotopic (exact) mass is 335 g/mol. The molecule has 0 bridgehead atoms. The first kappa shape index (κ1) is 16.6. The summed E-state index contributed by atoms with van der Waals surface area (Å²) in [6.45, 7) is 0. The molecule has 2 rings (SSSR count). The lowest BCUT2D eigenvalue weighted by molar-refractivity contribution is -0.196. The molecule has 1 heterocycles. The van der Waals surface area contributed by atoms with E-state index in [9.17, 15) is 22.8 Å². The minimum atomic E-state index is -4.74. The molecule has 0 saturated carbocycles. The Bertz CT molecular complexity index is 591. The minimum absolute atomic E-state index is 0.00134. The van der Waals surface area contributed by atoms with Gasteiger partial charge in [-0.1, -0.05) is 23.7 Å². The molecule has 0 radical (unpaired) electrons. The summed E-state index contributed by atoms with van der Waals surface area (Å²) < 4.78 is 45.1. The Kier molecular flexibility index (Phi) is 4.65. The first-order chi connectivity index (χ1) is 10.3. The van der Waals surface area contributed by atoms with E-state index in [4.69, 9.17) is 11.6 Å². The Hall–Kier alpha value is -1.76. The number of alkyl halides is 3. The van der Waals surface area contributed by atoms with Gasteiger partial charge < -0.3 is 9.64 Å². The summed E-state index contributed by atoms with van der Waals surface area (Å²) in [5, 5.41) is 0.119. The molecule has 0 N–H and O–H groups in total. The van der Waals surface area contributed by atoms with E-state index in [-0.39, 0.29) is 23.4 Å². The summed E-state index contributed by atoms with van der Waals surface area (Å²) in [6, 6.07) is 1.68. The number of hydrogen-bond donors (Lipinski definition) is 0. The number of rotatable bonds is 3. The van der Waals surface area contributed by atoms with Gasteiger partial charge in [0.25, 0.3) is 0 Å². The lowest BCUT2D eigenvalue weighted by Gasteiger charge is -2.33. The van der Waals surface area contributed by atoms with E-state index < -0.39 is 30.1 Å². The number of carbonyl (C=O) groups is 2. The molecule has 0 aliphatic carbocycles. The number of nitrogens with zero attached hydrogens (tertiary/aromatic N) is 1. The van der Waals surface area contributed by atoms with E-state index in [0.29, 0.717) is 4.90 Å². The zero-order chi connectivity index (χ0) is 16.5. The second-order valence-electron chi connectivity index (χ2n) is 4.88. The van der Waals surface area contributed by atoms with Crippen LogP contribution in [-0.4, -0.2) is 36.1 Å². The first-order valence-electron chi connectivity index (χ1n) is 6.47. The van der Waals surface area contributed by atoms with Gasteiger partial charge in [0.2, 0.25) is 5.91 Å². The molecule has 1 aromatic rings. The number of hydrogen-bond acceptors (Lipinski definition) is 3. The van der Waals surface area contributed by atoms with E-state index in [1.807, 2.05) is 0 Å². The van der Waals surface area contributed by atoms with Crippen LogP contribution < -0.4 is 0 Å². The number of halogens is 4. The summed E-state index contributed by atoms with van der Waals surface area (Å²) in [6.07, 6.45) is -4.87. The molecule has 1 saturated heterocycles. The molecule has 4 nitrogen and oxygen atoms in total. The van der Waals surface area contributed by atoms with Gasteiger partial charge in [-0.25, -0.2) is 4.79 Å². The highest BCUT2D eigenvalue weighted by Crippen LogP contribution is 2.42. The molecule has 8 heteroatoms. The number of amides is 1. The Morgan fingerprint density at radius 1 is 1.45 bits per heavy atom. The van der Waals surface area contributed by atoms with Crippen LogP contribution in [0.15, 0.2) is 24.3 Å². The maximum Gasteiger partial charge on any atom is 0.413 e. The first-order valence-corrected chi connectivity index (χ1v) is 6.84. The number of likely N-dealkylation sites (tertiary alicyclic amines) is 1. The van der Waals surface area contributed by atoms with Crippen molar-refractivity contribution in [3.63, 3.8) is 0 Å². The molecular weight excluding hydrogens is 323 g/mol. The third-order valence-corrected chi connectivity index (χ3v) is 3.72. The van der Waals surface area contributed by atoms with E-state index in [0.717, 1.165) is 13.2 Å². The third-order valence-electron chi connectivity index (χ3n) is 3.48. The minimum Gasteiger partial charge on any atom is -0.467 e. The molecule has 0 aromatic heterocycles. The van der Waals surface area contributed by atoms with E-state index in [1.54, 1.807) is 0 Å². The van der Waals surface area contributed by atoms with Gasteiger partial charge in [0.05, 0.1) is 7.11 Å². The maximum absolute atomic E-state index is 13.5. The molecule has 2 unspecified atom stereocenters. The largest absolute Gasteiger partial charge is 0.467 e. The molecule has 1 aromatic carbocycles. The molecule has 1 fully saturated rings. The average Bonchev–Trinajstić information content (AvgIpc) is 2.79.